The fourth-order valence-electron chi connectivity index (χ4n) is 2.06. The van der Waals surface area contributed by atoms with Crippen molar-refractivity contribution in [2.24, 2.45) is 7.05 Å². The molecule has 0 saturated carbocycles. The third kappa shape index (κ3) is 3.20. The smallest absolute Gasteiger partial charge is 0.303 e. The molecule has 0 aliphatic heterocycles. The standard InChI is InChI=1S/C14H14N8O3/c1-8-15-11(12(23)16-14-17-19-20-21(14)2)13(24)22(18-8)9-4-6-10(25-3)7-5-9/h4-7H,1-3H3,(H,16,17,20,23). The lowest BCUT2D eigenvalue weighted by Crippen LogP contribution is -2.33. The van der Waals surface area contributed by atoms with Gasteiger partial charge in [-0.1, -0.05) is 5.10 Å². The van der Waals surface area contributed by atoms with Gasteiger partial charge in [0, 0.05) is 7.05 Å². The van der Waals surface area contributed by atoms with Gasteiger partial charge in [0.15, 0.2) is 5.69 Å². The highest BCUT2D eigenvalue weighted by molar-refractivity contribution is 6.01. The molecule has 0 atom stereocenters. The van der Waals surface area contributed by atoms with Crippen molar-refractivity contribution in [1.29, 1.82) is 0 Å². The molecule has 0 aliphatic rings. The highest BCUT2D eigenvalue weighted by Gasteiger charge is 2.19. The summed E-state index contributed by atoms with van der Waals surface area (Å²) in [7, 11) is 3.09. The van der Waals surface area contributed by atoms with Crippen LogP contribution in [-0.4, -0.2) is 48.0 Å². The summed E-state index contributed by atoms with van der Waals surface area (Å²) in [5, 5.41) is 17.2. The first-order valence-corrected chi connectivity index (χ1v) is 7.15. The summed E-state index contributed by atoms with van der Waals surface area (Å²) in [5.74, 6) is 0.263. The number of hydrogen-bond donors (Lipinski definition) is 1. The summed E-state index contributed by atoms with van der Waals surface area (Å²) in [5.41, 5.74) is -0.500. The zero-order valence-electron chi connectivity index (χ0n) is 13.7. The maximum absolute atomic E-state index is 12.6. The second-order valence-corrected chi connectivity index (χ2v) is 5.00. The van der Waals surface area contributed by atoms with Crippen LogP contribution in [0.5, 0.6) is 5.75 Å². The largest absolute Gasteiger partial charge is 0.497 e. The van der Waals surface area contributed by atoms with Crippen molar-refractivity contribution in [3.8, 4) is 11.4 Å². The number of carbonyl (C=O) groups excluding carboxylic acids is 1. The number of aryl methyl sites for hydroxylation is 2. The van der Waals surface area contributed by atoms with Gasteiger partial charge in [-0.15, -0.1) is 5.10 Å². The van der Waals surface area contributed by atoms with Crippen molar-refractivity contribution in [3.63, 3.8) is 0 Å². The Hall–Kier alpha value is -3.63. The molecule has 3 rings (SSSR count). The first-order valence-electron chi connectivity index (χ1n) is 7.15. The van der Waals surface area contributed by atoms with Crippen molar-refractivity contribution >= 4 is 11.9 Å². The van der Waals surface area contributed by atoms with Gasteiger partial charge in [0.2, 0.25) is 5.95 Å². The highest BCUT2D eigenvalue weighted by atomic mass is 16.5. The number of rotatable bonds is 4. The van der Waals surface area contributed by atoms with Gasteiger partial charge in [0.05, 0.1) is 12.8 Å². The van der Waals surface area contributed by atoms with Crippen LogP contribution in [0.3, 0.4) is 0 Å². The molecule has 0 aliphatic carbocycles. The number of ether oxygens (including phenoxy) is 1. The van der Waals surface area contributed by atoms with Gasteiger partial charge in [-0.3, -0.25) is 14.9 Å². The van der Waals surface area contributed by atoms with E-state index in [0.717, 1.165) is 4.68 Å². The number of benzene rings is 1. The maximum atomic E-state index is 12.6. The predicted molar refractivity (Wildman–Crippen MR) is 85.7 cm³/mol. The average molecular weight is 342 g/mol. The van der Waals surface area contributed by atoms with Crippen LogP contribution in [0.25, 0.3) is 5.69 Å². The molecule has 0 bridgehead atoms. The van der Waals surface area contributed by atoms with Crippen LogP contribution >= 0.6 is 0 Å². The second kappa shape index (κ2) is 6.47. The van der Waals surface area contributed by atoms with E-state index in [1.807, 2.05) is 0 Å². The molecular formula is C14H14N8O3. The van der Waals surface area contributed by atoms with Gasteiger partial charge < -0.3 is 4.74 Å². The van der Waals surface area contributed by atoms with Gasteiger partial charge in [0.1, 0.15) is 11.6 Å². The van der Waals surface area contributed by atoms with E-state index in [9.17, 15) is 9.59 Å². The number of nitrogens with one attached hydrogen (secondary N) is 1. The highest BCUT2D eigenvalue weighted by Crippen LogP contribution is 2.13. The monoisotopic (exact) mass is 342 g/mol. The first kappa shape index (κ1) is 16.2. The number of amides is 1. The Bertz CT molecular complexity index is 976. The molecule has 25 heavy (non-hydrogen) atoms. The second-order valence-electron chi connectivity index (χ2n) is 5.00. The van der Waals surface area contributed by atoms with E-state index in [0.29, 0.717) is 11.4 Å². The van der Waals surface area contributed by atoms with Gasteiger partial charge in [0.25, 0.3) is 5.91 Å². The van der Waals surface area contributed by atoms with E-state index in [1.54, 1.807) is 45.3 Å². The summed E-state index contributed by atoms with van der Waals surface area (Å²) in [6.07, 6.45) is 0. The molecule has 1 aromatic carbocycles. The number of aromatic nitrogens is 7. The van der Waals surface area contributed by atoms with Crippen molar-refractivity contribution < 1.29 is 9.53 Å². The molecule has 128 valence electrons. The van der Waals surface area contributed by atoms with Crippen molar-refractivity contribution in [2.45, 2.75) is 6.92 Å². The van der Waals surface area contributed by atoms with Gasteiger partial charge in [-0.25, -0.2) is 9.67 Å². The fourth-order valence-corrected chi connectivity index (χ4v) is 2.06. The van der Waals surface area contributed by atoms with E-state index in [-0.39, 0.29) is 17.5 Å². The third-order valence-corrected chi connectivity index (χ3v) is 3.29. The van der Waals surface area contributed by atoms with Crippen LogP contribution in [0.4, 0.5) is 5.95 Å². The zero-order chi connectivity index (χ0) is 18.0. The van der Waals surface area contributed by atoms with Crippen molar-refractivity contribution in [1.82, 2.24) is 35.0 Å². The molecule has 2 aromatic heterocycles. The molecule has 0 unspecified atom stereocenters. The van der Waals surface area contributed by atoms with E-state index in [4.69, 9.17) is 4.74 Å². The fraction of sp³-hybridized carbons (Fsp3) is 0.214. The van der Waals surface area contributed by atoms with E-state index < -0.39 is 11.5 Å². The minimum absolute atomic E-state index is 0.0941. The van der Waals surface area contributed by atoms with Gasteiger partial charge in [-0.05, 0) is 41.6 Å². The zero-order valence-corrected chi connectivity index (χ0v) is 13.7. The minimum atomic E-state index is -0.726. The lowest BCUT2D eigenvalue weighted by atomic mass is 10.3. The molecule has 11 heteroatoms. The maximum Gasteiger partial charge on any atom is 0.303 e. The molecule has 1 amide bonds. The average Bonchev–Trinajstić information content (AvgIpc) is 3.01. The third-order valence-electron chi connectivity index (χ3n) is 3.29. The van der Waals surface area contributed by atoms with Gasteiger partial charge in [-0.2, -0.15) is 4.68 Å². The molecule has 2 heterocycles. The van der Waals surface area contributed by atoms with E-state index >= 15 is 0 Å². The summed E-state index contributed by atoms with van der Waals surface area (Å²) in [4.78, 5) is 28.9. The number of nitrogens with zero attached hydrogens (tertiary/aromatic N) is 7. The SMILES string of the molecule is COc1ccc(-n2nc(C)nc(C(=O)Nc3nnnn3C)c2=O)cc1. The Kier molecular flexibility index (Phi) is 4.20. The molecule has 11 nitrogen and oxygen atoms in total. The number of anilines is 1. The van der Waals surface area contributed by atoms with E-state index in [2.05, 4.69) is 30.9 Å². The number of carbonyl (C=O) groups is 1. The Morgan fingerprint density at radius 3 is 2.56 bits per heavy atom. The Balaban J connectivity index is 2.00. The number of hydrogen-bond acceptors (Lipinski definition) is 8. The Morgan fingerprint density at radius 2 is 1.96 bits per heavy atom. The van der Waals surface area contributed by atoms with Crippen LogP contribution in [0, 0.1) is 6.92 Å². The van der Waals surface area contributed by atoms with Crippen LogP contribution in [-0.2, 0) is 7.05 Å². The van der Waals surface area contributed by atoms with Crippen LogP contribution in [0.2, 0.25) is 0 Å². The quantitative estimate of drug-likeness (QED) is 0.685. The van der Waals surface area contributed by atoms with Crippen molar-refractivity contribution in [3.05, 3.63) is 46.1 Å². The van der Waals surface area contributed by atoms with Gasteiger partial charge >= 0.3 is 5.56 Å². The topological polar surface area (TPSA) is 130 Å². The molecule has 0 saturated heterocycles. The first-order chi connectivity index (χ1) is 12.0. The molecule has 3 aromatic rings. The summed E-state index contributed by atoms with van der Waals surface area (Å²) in [6.45, 7) is 1.58. The minimum Gasteiger partial charge on any atom is -0.497 e. The predicted octanol–water partition coefficient (Wildman–Crippen LogP) is -0.280. The van der Waals surface area contributed by atoms with E-state index in [1.165, 1.54) is 4.68 Å². The lowest BCUT2D eigenvalue weighted by Gasteiger charge is -2.08. The molecule has 0 radical (unpaired) electrons. The summed E-state index contributed by atoms with van der Waals surface area (Å²) in [6, 6.07) is 6.68. The number of methoxy groups -OCH3 is 1. The number of tetrazole rings is 1. The lowest BCUT2D eigenvalue weighted by molar-refractivity contribution is 0.101. The Morgan fingerprint density at radius 1 is 1.24 bits per heavy atom. The van der Waals surface area contributed by atoms with Crippen molar-refractivity contribution in [2.75, 3.05) is 12.4 Å². The molecule has 0 fully saturated rings. The van der Waals surface area contributed by atoms with Crippen LogP contribution < -0.4 is 15.6 Å². The molecule has 0 spiro atoms. The summed E-state index contributed by atoms with van der Waals surface area (Å²) < 4.78 is 7.45. The molecular weight excluding hydrogens is 328 g/mol. The van der Waals surface area contributed by atoms with Crippen LogP contribution in [0.1, 0.15) is 16.3 Å². The molecule has 1 N–H and O–H groups in total. The van der Waals surface area contributed by atoms with Crippen LogP contribution in [0.15, 0.2) is 29.1 Å². The summed E-state index contributed by atoms with van der Waals surface area (Å²) >= 11 is 0. The normalized spacial score (nSPS) is 10.5. The Labute approximate surface area is 141 Å².